The number of hydrogen-bond acceptors (Lipinski definition) is 6. The van der Waals surface area contributed by atoms with E-state index in [-0.39, 0.29) is 0 Å². The molecule has 1 fully saturated rings. The maximum absolute atomic E-state index is 5.63. The minimum atomic E-state index is 0.419. The van der Waals surface area contributed by atoms with Crippen LogP contribution in [0.3, 0.4) is 0 Å². The van der Waals surface area contributed by atoms with Gasteiger partial charge in [-0.15, -0.1) is 0 Å². The van der Waals surface area contributed by atoms with Gasteiger partial charge in [0.15, 0.2) is 0 Å². The lowest BCUT2D eigenvalue weighted by molar-refractivity contribution is 0.351. The second-order valence-corrected chi connectivity index (χ2v) is 8.29. The highest BCUT2D eigenvalue weighted by Gasteiger charge is 2.22. The molecule has 2 N–H and O–H groups in total. The van der Waals surface area contributed by atoms with Crippen molar-refractivity contribution in [1.82, 2.24) is 15.3 Å². The minimum Gasteiger partial charge on any atom is -0.466 e. The normalized spacial score (nSPS) is 19.4. The van der Waals surface area contributed by atoms with E-state index >= 15 is 0 Å². The Bertz CT molecular complexity index is 973. The van der Waals surface area contributed by atoms with E-state index in [0.29, 0.717) is 12.1 Å². The first-order valence-corrected chi connectivity index (χ1v) is 10.5. The number of rotatable bonds is 6. The second-order valence-electron chi connectivity index (χ2n) is 8.29. The van der Waals surface area contributed by atoms with Crippen LogP contribution in [0.4, 0.5) is 11.8 Å². The third-order valence-corrected chi connectivity index (χ3v) is 5.79. The molecule has 0 bridgehead atoms. The van der Waals surface area contributed by atoms with Crippen molar-refractivity contribution in [2.75, 3.05) is 24.3 Å². The van der Waals surface area contributed by atoms with Gasteiger partial charge in [0.2, 0.25) is 5.95 Å². The molecule has 0 unspecified atom stereocenters. The summed E-state index contributed by atoms with van der Waals surface area (Å²) in [5.41, 5.74) is 2.25. The fraction of sp³-hybridized carbons (Fsp3) is 0.478. The molecule has 1 saturated carbocycles. The van der Waals surface area contributed by atoms with Gasteiger partial charge in [0, 0.05) is 43.7 Å². The SMILES string of the molecule is Cc1cc(CNC2CCC(Nc3nc(N(C)C)c4ccccc4n3)CC2)c(C)o1. The summed E-state index contributed by atoms with van der Waals surface area (Å²) in [7, 11) is 4.05. The Balaban J connectivity index is 1.35. The van der Waals surface area contributed by atoms with E-state index in [1.54, 1.807) is 0 Å². The van der Waals surface area contributed by atoms with Crippen LogP contribution in [-0.4, -0.2) is 36.1 Å². The summed E-state index contributed by atoms with van der Waals surface area (Å²) < 4.78 is 5.63. The molecule has 0 aliphatic heterocycles. The van der Waals surface area contributed by atoms with Gasteiger partial charge in [-0.3, -0.25) is 0 Å². The van der Waals surface area contributed by atoms with E-state index < -0.39 is 0 Å². The van der Waals surface area contributed by atoms with E-state index in [2.05, 4.69) is 33.7 Å². The van der Waals surface area contributed by atoms with Crippen LogP contribution >= 0.6 is 0 Å². The van der Waals surface area contributed by atoms with Crippen LogP contribution in [0.5, 0.6) is 0 Å². The lowest BCUT2D eigenvalue weighted by Crippen LogP contribution is -2.37. The van der Waals surface area contributed by atoms with Gasteiger partial charge in [0.25, 0.3) is 0 Å². The summed E-state index contributed by atoms with van der Waals surface area (Å²) in [6.45, 7) is 4.92. The van der Waals surface area contributed by atoms with Crippen molar-refractivity contribution in [3.63, 3.8) is 0 Å². The van der Waals surface area contributed by atoms with Crippen LogP contribution in [0.2, 0.25) is 0 Å². The Morgan fingerprint density at radius 1 is 1.03 bits per heavy atom. The average Bonchev–Trinajstić information content (AvgIpc) is 3.03. The van der Waals surface area contributed by atoms with E-state index in [4.69, 9.17) is 14.4 Å². The topological polar surface area (TPSA) is 66.2 Å². The Hall–Kier alpha value is -2.60. The van der Waals surface area contributed by atoms with Crippen molar-refractivity contribution < 1.29 is 4.42 Å². The number of nitrogens with zero attached hydrogens (tertiary/aromatic N) is 3. The average molecular weight is 394 g/mol. The van der Waals surface area contributed by atoms with Gasteiger partial charge in [-0.2, -0.15) is 4.98 Å². The third kappa shape index (κ3) is 4.53. The van der Waals surface area contributed by atoms with E-state index in [9.17, 15) is 0 Å². The predicted octanol–water partition coefficient (Wildman–Crippen LogP) is 4.42. The van der Waals surface area contributed by atoms with Crippen LogP contribution in [0.15, 0.2) is 34.7 Å². The van der Waals surface area contributed by atoms with Crippen molar-refractivity contribution in [2.24, 2.45) is 0 Å². The smallest absolute Gasteiger partial charge is 0.225 e. The number of nitrogens with one attached hydrogen (secondary N) is 2. The van der Waals surface area contributed by atoms with Gasteiger partial charge in [-0.05, 0) is 57.7 Å². The lowest BCUT2D eigenvalue weighted by atomic mass is 9.91. The fourth-order valence-electron chi connectivity index (χ4n) is 4.20. The Kier molecular flexibility index (Phi) is 5.72. The maximum atomic E-state index is 5.63. The summed E-state index contributed by atoms with van der Waals surface area (Å²) in [6, 6.07) is 11.3. The maximum Gasteiger partial charge on any atom is 0.225 e. The molecule has 1 aliphatic rings. The number of hydrogen-bond donors (Lipinski definition) is 2. The second kappa shape index (κ2) is 8.41. The molecule has 1 aromatic carbocycles. The molecule has 0 radical (unpaired) electrons. The molecule has 29 heavy (non-hydrogen) atoms. The van der Waals surface area contributed by atoms with E-state index in [0.717, 1.165) is 66.4 Å². The summed E-state index contributed by atoms with van der Waals surface area (Å²) in [6.07, 6.45) is 4.55. The van der Waals surface area contributed by atoms with Crippen molar-refractivity contribution in [1.29, 1.82) is 0 Å². The van der Waals surface area contributed by atoms with Crippen molar-refractivity contribution in [2.45, 2.75) is 58.2 Å². The molecule has 1 aliphatic carbocycles. The molecule has 0 saturated heterocycles. The number of furan rings is 1. The quantitative estimate of drug-likeness (QED) is 0.646. The summed E-state index contributed by atoms with van der Waals surface area (Å²) in [5, 5.41) is 8.37. The van der Waals surface area contributed by atoms with Crippen molar-refractivity contribution in [3.8, 4) is 0 Å². The minimum absolute atomic E-state index is 0.419. The molecule has 0 atom stereocenters. The van der Waals surface area contributed by atoms with Crippen LogP contribution in [0, 0.1) is 13.8 Å². The van der Waals surface area contributed by atoms with Crippen molar-refractivity contribution in [3.05, 3.63) is 47.4 Å². The van der Waals surface area contributed by atoms with Gasteiger partial charge in [0.1, 0.15) is 17.3 Å². The van der Waals surface area contributed by atoms with Gasteiger partial charge in [-0.25, -0.2) is 4.98 Å². The van der Waals surface area contributed by atoms with Crippen LogP contribution in [0.25, 0.3) is 10.9 Å². The molecule has 4 rings (SSSR count). The number of fused-ring (bicyclic) bond motifs is 1. The molecular weight excluding hydrogens is 362 g/mol. The van der Waals surface area contributed by atoms with Gasteiger partial charge < -0.3 is 20.0 Å². The van der Waals surface area contributed by atoms with Crippen molar-refractivity contribution >= 4 is 22.7 Å². The van der Waals surface area contributed by atoms with Crippen LogP contribution in [-0.2, 0) is 6.54 Å². The molecule has 2 aromatic heterocycles. The molecule has 154 valence electrons. The fourth-order valence-corrected chi connectivity index (χ4v) is 4.20. The Morgan fingerprint density at radius 2 is 1.76 bits per heavy atom. The number of anilines is 2. The number of para-hydroxylation sites is 1. The first kappa shape index (κ1) is 19.7. The molecule has 2 heterocycles. The van der Waals surface area contributed by atoms with Gasteiger partial charge >= 0.3 is 0 Å². The number of aromatic nitrogens is 2. The van der Waals surface area contributed by atoms with E-state index in [1.165, 1.54) is 5.56 Å². The van der Waals surface area contributed by atoms with Gasteiger partial charge in [0.05, 0.1) is 5.52 Å². The monoisotopic (exact) mass is 393 g/mol. The molecule has 6 heteroatoms. The van der Waals surface area contributed by atoms with Crippen LogP contribution in [0.1, 0.15) is 42.8 Å². The molecular formula is C23H31N5O. The highest BCUT2D eigenvalue weighted by atomic mass is 16.3. The number of benzene rings is 1. The highest BCUT2D eigenvalue weighted by Crippen LogP contribution is 2.26. The number of aryl methyl sites for hydroxylation is 2. The summed E-state index contributed by atoms with van der Waals surface area (Å²) >= 11 is 0. The molecule has 3 aromatic rings. The Morgan fingerprint density at radius 3 is 2.45 bits per heavy atom. The zero-order valence-electron chi connectivity index (χ0n) is 17.8. The molecule has 6 nitrogen and oxygen atoms in total. The standard InChI is InChI=1S/C23H31N5O/c1-15-13-17(16(2)29-15)14-24-18-9-11-19(12-10-18)25-23-26-21-8-6-5-7-20(21)22(27-23)28(3)4/h5-8,13,18-19,24H,9-12,14H2,1-4H3,(H,25,26,27). The Labute approximate surface area is 172 Å². The highest BCUT2D eigenvalue weighted by molar-refractivity contribution is 5.90. The largest absolute Gasteiger partial charge is 0.466 e. The zero-order chi connectivity index (χ0) is 20.4. The molecule has 0 amide bonds. The summed E-state index contributed by atoms with van der Waals surface area (Å²) in [4.78, 5) is 11.6. The lowest BCUT2D eigenvalue weighted by Gasteiger charge is -2.30. The first-order valence-electron chi connectivity index (χ1n) is 10.5. The molecule has 0 spiro atoms. The first-order chi connectivity index (χ1) is 14.0. The van der Waals surface area contributed by atoms with E-state index in [1.807, 2.05) is 40.1 Å². The third-order valence-electron chi connectivity index (χ3n) is 5.79. The predicted molar refractivity (Wildman–Crippen MR) is 119 cm³/mol. The van der Waals surface area contributed by atoms with Gasteiger partial charge in [-0.1, -0.05) is 12.1 Å². The van der Waals surface area contributed by atoms with Crippen LogP contribution < -0.4 is 15.5 Å². The zero-order valence-corrected chi connectivity index (χ0v) is 17.8. The summed E-state index contributed by atoms with van der Waals surface area (Å²) in [5.74, 6) is 3.70.